The van der Waals surface area contributed by atoms with Crippen molar-refractivity contribution in [3.63, 3.8) is 0 Å². The monoisotopic (exact) mass is 324 g/mol. The molecule has 5 nitrogen and oxygen atoms in total. The zero-order valence-electron chi connectivity index (χ0n) is 12.6. The molecule has 1 fully saturated rings. The minimum Gasteiger partial charge on any atom is -0.383 e. The maximum Gasteiger partial charge on any atom is 0.224 e. The van der Waals surface area contributed by atoms with Crippen molar-refractivity contribution >= 4 is 23.4 Å². The highest BCUT2D eigenvalue weighted by molar-refractivity contribution is 6.30. The van der Waals surface area contributed by atoms with Crippen LogP contribution in [0.5, 0.6) is 0 Å². The van der Waals surface area contributed by atoms with E-state index in [9.17, 15) is 9.59 Å². The molecular formula is C16H21ClN2O3. The highest BCUT2D eigenvalue weighted by Crippen LogP contribution is 2.38. The molecule has 0 saturated heterocycles. The fraction of sp³-hybridized carbons (Fsp3) is 0.500. The molecule has 0 bridgehead atoms. The van der Waals surface area contributed by atoms with E-state index in [1.165, 1.54) is 0 Å². The van der Waals surface area contributed by atoms with Crippen LogP contribution in [0.1, 0.15) is 12.0 Å². The van der Waals surface area contributed by atoms with Crippen LogP contribution in [0.25, 0.3) is 0 Å². The Hall–Kier alpha value is -1.59. The molecule has 2 unspecified atom stereocenters. The second-order valence-corrected chi connectivity index (χ2v) is 5.84. The largest absolute Gasteiger partial charge is 0.383 e. The van der Waals surface area contributed by atoms with E-state index in [1.54, 1.807) is 7.11 Å². The molecule has 6 heteroatoms. The molecule has 2 amide bonds. The van der Waals surface area contributed by atoms with Gasteiger partial charge in [0.1, 0.15) is 0 Å². The summed E-state index contributed by atoms with van der Waals surface area (Å²) < 4.78 is 4.87. The standard InChI is InChI=1S/C16H21ClN2O3/c1-22-9-8-19-16(21)14-10-13(14)15(20)18-7-6-11-2-4-12(17)5-3-11/h2-5,13-14H,6-10H2,1H3,(H,18,20)(H,19,21). The van der Waals surface area contributed by atoms with Gasteiger partial charge in [-0.2, -0.15) is 0 Å². The number of carbonyl (C=O) groups is 2. The lowest BCUT2D eigenvalue weighted by atomic mass is 10.1. The van der Waals surface area contributed by atoms with E-state index in [1.807, 2.05) is 24.3 Å². The van der Waals surface area contributed by atoms with E-state index >= 15 is 0 Å². The minimum atomic E-state index is -0.188. The van der Waals surface area contributed by atoms with Crippen LogP contribution in [0.4, 0.5) is 0 Å². The molecule has 22 heavy (non-hydrogen) atoms. The lowest BCUT2D eigenvalue weighted by Crippen LogP contribution is -2.32. The molecule has 1 aliphatic carbocycles. The highest BCUT2D eigenvalue weighted by atomic mass is 35.5. The Morgan fingerprint density at radius 1 is 1.14 bits per heavy atom. The van der Waals surface area contributed by atoms with E-state index in [0.717, 1.165) is 12.0 Å². The number of hydrogen-bond donors (Lipinski definition) is 2. The molecule has 1 aromatic carbocycles. The van der Waals surface area contributed by atoms with Crippen LogP contribution < -0.4 is 10.6 Å². The molecule has 2 rings (SSSR count). The first-order valence-corrected chi connectivity index (χ1v) is 7.78. The Bertz CT molecular complexity index is 519. The third kappa shape index (κ3) is 5.00. The van der Waals surface area contributed by atoms with Crippen LogP contribution in [0.2, 0.25) is 5.02 Å². The molecule has 2 N–H and O–H groups in total. The molecule has 0 heterocycles. The first-order chi connectivity index (χ1) is 10.6. The predicted molar refractivity (Wildman–Crippen MR) is 84.6 cm³/mol. The summed E-state index contributed by atoms with van der Waals surface area (Å²) in [6, 6.07) is 7.55. The Labute approximate surface area is 135 Å². The maximum absolute atomic E-state index is 12.0. The lowest BCUT2D eigenvalue weighted by molar-refractivity contribution is -0.127. The van der Waals surface area contributed by atoms with Crippen molar-refractivity contribution in [3.05, 3.63) is 34.9 Å². The first-order valence-electron chi connectivity index (χ1n) is 7.40. The van der Waals surface area contributed by atoms with Gasteiger partial charge in [-0.25, -0.2) is 0 Å². The average molecular weight is 325 g/mol. The van der Waals surface area contributed by atoms with Crippen molar-refractivity contribution in [3.8, 4) is 0 Å². The van der Waals surface area contributed by atoms with Crippen molar-refractivity contribution in [1.82, 2.24) is 10.6 Å². The number of rotatable bonds is 8. The van der Waals surface area contributed by atoms with Gasteiger partial charge in [-0.15, -0.1) is 0 Å². The number of halogens is 1. The van der Waals surface area contributed by atoms with Crippen molar-refractivity contribution < 1.29 is 14.3 Å². The zero-order valence-corrected chi connectivity index (χ0v) is 13.4. The molecule has 0 aromatic heterocycles. The second-order valence-electron chi connectivity index (χ2n) is 5.40. The summed E-state index contributed by atoms with van der Waals surface area (Å²) in [6.07, 6.45) is 1.38. The Morgan fingerprint density at radius 3 is 2.32 bits per heavy atom. The Balaban J connectivity index is 1.64. The predicted octanol–water partition coefficient (Wildman–Crippen LogP) is 1.40. The molecular weight excluding hydrogens is 304 g/mol. The van der Waals surface area contributed by atoms with Gasteiger partial charge >= 0.3 is 0 Å². The van der Waals surface area contributed by atoms with Gasteiger partial charge in [0.05, 0.1) is 18.4 Å². The van der Waals surface area contributed by atoms with E-state index in [-0.39, 0.29) is 23.7 Å². The summed E-state index contributed by atoms with van der Waals surface area (Å²) in [7, 11) is 1.58. The normalized spacial score (nSPS) is 19.5. The molecule has 0 spiro atoms. The van der Waals surface area contributed by atoms with Crippen LogP contribution in [0.15, 0.2) is 24.3 Å². The van der Waals surface area contributed by atoms with Crippen molar-refractivity contribution in [1.29, 1.82) is 0 Å². The van der Waals surface area contributed by atoms with Crippen molar-refractivity contribution in [2.75, 3.05) is 26.8 Å². The fourth-order valence-electron chi connectivity index (χ4n) is 2.29. The molecule has 0 radical (unpaired) electrons. The van der Waals surface area contributed by atoms with Crippen molar-refractivity contribution in [2.24, 2.45) is 11.8 Å². The van der Waals surface area contributed by atoms with Gasteiger partial charge < -0.3 is 15.4 Å². The number of hydrogen-bond acceptors (Lipinski definition) is 3. The third-order valence-electron chi connectivity index (χ3n) is 3.70. The van der Waals surface area contributed by atoms with Gasteiger partial charge in [-0.05, 0) is 30.5 Å². The molecule has 1 aromatic rings. The SMILES string of the molecule is COCCNC(=O)C1CC1C(=O)NCCc1ccc(Cl)cc1. The number of carbonyl (C=O) groups excluding carboxylic acids is 2. The molecule has 0 aliphatic heterocycles. The van der Waals surface area contributed by atoms with Gasteiger partial charge in [0, 0.05) is 25.2 Å². The maximum atomic E-state index is 12.0. The zero-order chi connectivity index (χ0) is 15.9. The summed E-state index contributed by atoms with van der Waals surface area (Å²) in [5.41, 5.74) is 1.12. The third-order valence-corrected chi connectivity index (χ3v) is 3.95. The van der Waals surface area contributed by atoms with Crippen LogP contribution in [-0.4, -0.2) is 38.6 Å². The van der Waals surface area contributed by atoms with Gasteiger partial charge in [-0.1, -0.05) is 23.7 Å². The number of amides is 2. The van der Waals surface area contributed by atoms with E-state index in [2.05, 4.69) is 10.6 Å². The van der Waals surface area contributed by atoms with E-state index < -0.39 is 0 Å². The smallest absolute Gasteiger partial charge is 0.224 e. The summed E-state index contributed by atoms with van der Waals surface area (Å²) >= 11 is 5.82. The summed E-state index contributed by atoms with van der Waals surface area (Å²) in [6.45, 7) is 1.53. The molecule has 1 aliphatic rings. The molecule has 120 valence electrons. The van der Waals surface area contributed by atoms with Gasteiger partial charge in [0.25, 0.3) is 0 Å². The number of methoxy groups -OCH3 is 1. The van der Waals surface area contributed by atoms with E-state index in [0.29, 0.717) is 31.1 Å². The molecule has 2 atom stereocenters. The fourth-order valence-corrected chi connectivity index (χ4v) is 2.42. The summed E-state index contributed by atoms with van der Waals surface area (Å²) in [4.78, 5) is 23.7. The van der Waals surface area contributed by atoms with Gasteiger partial charge in [-0.3, -0.25) is 9.59 Å². The van der Waals surface area contributed by atoms with E-state index in [4.69, 9.17) is 16.3 Å². The molecule has 1 saturated carbocycles. The summed E-state index contributed by atoms with van der Waals surface area (Å²) in [5.74, 6) is -0.476. The van der Waals surface area contributed by atoms with Crippen LogP contribution in [0, 0.1) is 11.8 Å². The quantitative estimate of drug-likeness (QED) is 0.710. The van der Waals surface area contributed by atoms with Crippen LogP contribution in [0.3, 0.4) is 0 Å². The first kappa shape index (κ1) is 16.8. The number of ether oxygens (including phenoxy) is 1. The number of nitrogens with one attached hydrogen (secondary N) is 2. The van der Waals surface area contributed by atoms with Gasteiger partial charge in [0.2, 0.25) is 11.8 Å². The lowest BCUT2D eigenvalue weighted by Gasteiger charge is -2.06. The highest BCUT2D eigenvalue weighted by Gasteiger charge is 2.47. The topological polar surface area (TPSA) is 67.4 Å². The van der Waals surface area contributed by atoms with Crippen LogP contribution >= 0.6 is 11.6 Å². The summed E-state index contributed by atoms with van der Waals surface area (Å²) in [5, 5.41) is 6.35. The average Bonchev–Trinajstić information content (AvgIpc) is 3.30. The van der Waals surface area contributed by atoms with Crippen LogP contribution in [-0.2, 0) is 20.7 Å². The minimum absolute atomic E-state index is 0.0409. The second kappa shape index (κ2) is 8.15. The van der Waals surface area contributed by atoms with Gasteiger partial charge in [0.15, 0.2) is 0 Å². The Kier molecular flexibility index (Phi) is 6.21. The number of benzene rings is 1. The van der Waals surface area contributed by atoms with Crippen molar-refractivity contribution in [2.45, 2.75) is 12.8 Å². The Morgan fingerprint density at radius 2 is 1.73 bits per heavy atom.